The molecule has 2 saturated heterocycles. The fourth-order valence-electron chi connectivity index (χ4n) is 5.01. The van der Waals surface area contributed by atoms with Crippen LogP contribution in [-0.2, 0) is 20.9 Å². The Morgan fingerprint density at radius 2 is 1.70 bits per heavy atom. The van der Waals surface area contributed by atoms with E-state index in [1.807, 2.05) is 49.4 Å². The van der Waals surface area contributed by atoms with E-state index in [1.54, 1.807) is 4.90 Å². The number of carbonyl (C=O) groups excluding carboxylic acids is 3. The fraction of sp³-hybridized carbons (Fsp3) is 0.286. The molecule has 0 aliphatic carbocycles. The Morgan fingerprint density at radius 1 is 1.03 bits per heavy atom. The van der Waals surface area contributed by atoms with Crippen LogP contribution in [0.3, 0.4) is 0 Å². The maximum Gasteiger partial charge on any atom is 0.415 e. The number of piperidine rings is 1. The van der Waals surface area contributed by atoms with Crippen LogP contribution >= 0.6 is 11.6 Å². The minimum absolute atomic E-state index is 0.250. The third-order valence-electron chi connectivity index (χ3n) is 6.76. The van der Waals surface area contributed by atoms with Gasteiger partial charge in [-0.05, 0) is 48.4 Å². The lowest BCUT2D eigenvalue weighted by atomic mass is 9.90. The van der Waals surface area contributed by atoms with Crippen molar-refractivity contribution in [3.63, 3.8) is 0 Å². The highest BCUT2D eigenvalue weighted by Gasteiger charge is 2.47. The second-order valence-electron chi connectivity index (χ2n) is 9.23. The molecule has 0 N–H and O–H groups in total. The van der Waals surface area contributed by atoms with Crippen LogP contribution in [0, 0.1) is 18.6 Å². The molecule has 0 bridgehead atoms. The quantitative estimate of drug-likeness (QED) is 0.417. The van der Waals surface area contributed by atoms with Gasteiger partial charge in [0.15, 0.2) is 0 Å². The molecule has 2 heterocycles. The molecule has 2 aliphatic rings. The van der Waals surface area contributed by atoms with E-state index >= 15 is 0 Å². The minimum atomic E-state index is -0.630. The number of carbonyl (C=O) groups is 1. The van der Waals surface area contributed by atoms with Gasteiger partial charge in [-0.15, -0.1) is 0 Å². The molecule has 9 heteroatoms. The van der Waals surface area contributed by atoms with Crippen LogP contribution < -0.4 is 4.90 Å². The number of rotatable bonds is 4. The van der Waals surface area contributed by atoms with Gasteiger partial charge in [0.2, 0.25) is 0 Å². The lowest BCUT2D eigenvalue weighted by Crippen LogP contribution is -2.46. The van der Waals surface area contributed by atoms with Crippen molar-refractivity contribution < 1.29 is 27.9 Å². The number of anilines is 1. The summed E-state index contributed by atoms with van der Waals surface area (Å²) < 4.78 is 33.5. The molecule has 5 rings (SSSR count). The van der Waals surface area contributed by atoms with Crippen LogP contribution in [-0.4, -0.2) is 42.4 Å². The van der Waals surface area contributed by atoms with Gasteiger partial charge in [-0.25, -0.2) is 13.6 Å². The molecule has 0 aromatic heterocycles. The SMILES string of the molecule is Cc1cc(CN2CCC3(CC2)CN(c2ccccc2)C(=O)O3)cc(Cl)c1-c1ccc(F)cc1F.O=C=O. The summed E-state index contributed by atoms with van der Waals surface area (Å²) >= 11 is 6.55. The van der Waals surface area contributed by atoms with Gasteiger partial charge in [-0.1, -0.05) is 35.9 Å². The predicted octanol–water partition coefficient (Wildman–Crippen LogP) is 6.00. The zero-order valence-corrected chi connectivity index (χ0v) is 20.9. The number of amides is 1. The average molecular weight is 527 g/mol. The zero-order chi connectivity index (χ0) is 26.6. The van der Waals surface area contributed by atoms with Crippen molar-refractivity contribution in [3.8, 4) is 11.1 Å². The smallest absolute Gasteiger partial charge is 0.415 e. The highest BCUT2D eigenvalue weighted by molar-refractivity contribution is 6.33. The van der Waals surface area contributed by atoms with E-state index in [0.717, 1.165) is 48.8 Å². The fourth-order valence-corrected chi connectivity index (χ4v) is 5.40. The van der Waals surface area contributed by atoms with Crippen molar-refractivity contribution in [2.24, 2.45) is 0 Å². The maximum absolute atomic E-state index is 14.3. The molecule has 192 valence electrons. The van der Waals surface area contributed by atoms with Crippen molar-refractivity contribution >= 4 is 29.5 Å². The number of halogens is 3. The second kappa shape index (κ2) is 11.2. The summed E-state index contributed by atoms with van der Waals surface area (Å²) in [7, 11) is 0. The Bertz CT molecular complexity index is 1300. The van der Waals surface area contributed by atoms with Crippen LogP contribution in [0.25, 0.3) is 11.1 Å². The lowest BCUT2D eigenvalue weighted by molar-refractivity contribution is -0.191. The molecule has 0 atom stereocenters. The summed E-state index contributed by atoms with van der Waals surface area (Å²) in [6.45, 7) is 4.72. The summed E-state index contributed by atoms with van der Waals surface area (Å²) in [6, 6.07) is 17.0. The number of hydrogen-bond donors (Lipinski definition) is 0. The first-order valence-corrected chi connectivity index (χ1v) is 12.1. The molecule has 2 fully saturated rings. The summed E-state index contributed by atoms with van der Waals surface area (Å²) in [5.41, 5.74) is 3.14. The summed E-state index contributed by atoms with van der Waals surface area (Å²) in [5, 5.41) is 0.442. The number of hydrogen-bond acceptors (Lipinski definition) is 5. The van der Waals surface area contributed by atoms with E-state index in [1.165, 1.54) is 12.1 Å². The van der Waals surface area contributed by atoms with Gasteiger partial charge in [0, 0.05) is 60.4 Å². The Labute approximate surface area is 218 Å². The average Bonchev–Trinajstić information content (AvgIpc) is 3.18. The third kappa shape index (κ3) is 5.88. The first-order valence-electron chi connectivity index (χ1n) is 11.8. The molecular weight excluding hydrogens is 502 g/mol. The van der Waals surface area contributed by atoms with E-state index in [9.17, 15) is 13.6 Å². The summed E-state index contributed by atoms with van der Waals surface area (Å²) in [6.07, 6.45) is 1.48. The van der Waals surface area contributed by atoms with E-state index in [0.29, 0.717) is 29.2 Å². The topological polar surface area (TPSA) is 66.9 Å². The molecule has 3 aromatic rings. The van der Waals surface area contributed by atoms with Crippen LogP contribution in [0.5, 0.6) is 0 Å². The summed E-state index contributed by atoms with van der Waals surface area (Å²) in [4.78, 5) is 32.8. The number of ether oxygens (including phenoxy) is 1. The van der Waals surface area contributed by atoms with Gasteiger partial charge in [0.05, 0.1) is 6.54 Å². The largest absolute Gasteiger partial charge is 0.441 e. The van der Waals surface area contributed by atoms with Gasteiger partial charge < -0.3 is 4.74 Å². The van der Waals surface area contributed by atoms with Crippen LogP contribution in [0.15, 0.2) is 60.7 Å². The number of benzene rings is 3. The van der Waals surface area contributed by atoms with Gasteiger partial charge in [-0.2, -0.15) is 9.59 Å². The van der Waals surface area contributed by atoms with Crippen molar-refractivity contribution in [2.75, 3.05) is 24.5 Å². The Kier molecular flexibility index (Phi) is 8.03. The van der Waals surface area contributed by atoms with E-state index < -0.39 is 17.2 Å². The monoisotopic (exact) mass is 526 g/mol. The van der Waals surface area contributed by atoms with Crippen LogP contribution in [0.1, 0.15) is 24.0 Å². The Morgan fingerprint density at radius 3 is 2.32 bits per heavy atom. The second-order valence-corrected chi connectivity index (χ2v) is 9.63. The van der Waals surface area contributed by atoms with Gasteiger partial charge in [0.25, 0.3) is 0 Å². The normalized spacial score (nSPS) is 16.6. The molecule has 2 aliphatic heterocycles. The zero-order valence-electron chi connectivity index (χ0n) is 20.2. The first kappa shape index (κ1) is 26.5. The molecule has 0 radical (unpaired) electrons. The first-order chi connectivity index (χ1) is 17.7. The van der Waals surface area contributed by atoms with Crippen LogP contribution in [0.4, 0.5) is 19.3 Å². The molecule has 0 saturated carbocycles. The number of aryl methyl sites for hydroxylation is 1. The molecule has 1 amide bonds. The number of likely N-dealkylation sites (tertiary alicyclic amines) is 1. The molecule has 0 unspecified atom stereocenters. The Balaban J connectivity index is 0.00000102. The van der Waals surface area contributed by atoms with Gasteiger partial charge in [0.1, 0.15) is 17.2 Å². The third-order valence-corrected chi connectivity index (χ3v) is 7.06. The van der Waals surface area contributed by atoms with Crippen molar-refractivity contribution in [1.82, 2.24) is 4.90 Å². The van der Waals surface area contributed by atoms with Gasteiger partial charge in [-0.3, -0.25) is 9.80 Å². The van der Waals surface area contributed by atoms with Crippen LogP contribution in [0.2, 0.25) is 5.02 Å². The van der Waals surface area contributed by atoms with E-state index in [4.69, 9.17) is 25.9 Å². The van der Waals surface area contributed by atoms with E-state index in [-0.39, 0.29) is 12.2 Å². The highest BCUT2D eigenvalue weighted by Crippen LogP contribution is 2.37. The number of nitrogens with zero attached hydrogens (tertiary/aromatic N) is 2. The standard InChI is InChI=1S/C27H25ClF2N2O2.CO2/c1-18-13-19(14-23(28)25(18)22-8-7-20(29)15-24(22)30)16-31-11-9-27(10-12-31)17-32(26(33)34-27)21-5-3-2-4-6-21;2-1-3/h2-8,13-15H,9-12,16-17H2,1H3;. The lowest BCUT2D eigenvalue weighted by Gasteiger charge is -2.37. The minimum Gasteiger partial charge on any atom is -0.441 e. The van der Waals surface area contributed by atoms with Gasteiger partial charge >= 0.3 is 12.2 Å². The molecular formula is C28H25ClF2N2O4. The van der Waals surface area contributed by atoms with E-state index in [2.05, 4.69) is 4.90 Å². The Hall–Kier alpha value is -3.58. The maximum atomic E-state index is 14.3. The molecule has 1 spiro atoms. The van der Waals surface area contributed by atoms with Crippen molar-refractivity contribution in [3.05, 3.63) is 88.4 Å². The molecule has 37 heavy (non-hydrogen) atoms. The summed E-state index contributed by atoms with van der Waals surface area (Å²) in [5.74, 6) is -1.25. The number of para-hydroxylation sites is 1. The highest BCUT2D eigenvalue weighted by atomic mass is 35.5. The molecule has 3 aromatic carbocycles. The van der Waals surface area contributed by atoms with Crippen molar-refractivity contribution in [2.45, 2.75) is 31.9 Å². The molecule has 6 nitrogen and oxygen atoms in total. The van der Waals surface area contributed by atoms with Crippen molar-refractivity contribution in [1.29, 1.82) is 0 Å². The predicted molar refractivity (Wildman–Crippen MR) is 134 cm³/mol.